The Morgan fingerprint density at radius 2 is 1.97 bits per heavy atom. The van der Waals surface area contributed by atoms with Crippen molar-refractivity contribution in [3.63, 3.8) is 0 Å². The van der Waals surface area contributed by atoms with E-state index in [1.54, 1.807) is 19.1 Å². The molecule has 8 nitrogen and oxygen atoms in total. The Bertz CT molecular complexity index is 1250. The molecule has 1 amide bonds. The summed E-state index contributed by atoms with van der Waals surface area (Å²) in [5.41, 5.74) is 1.88. The van der Waals surface area contributed by atoms with Gasteiger partial charge < -0.3 is 9.88 Å². The molecule has 0 unspecified atom stereocenters. The highest BCUT2D eigenvalue weighted by Gasteiger charge is 2.41. The van der Waals surface area contributed by atoms with E-state index in [0.29, 0.717) is 47.7 Å². The Labute approximate surface area is 166 Å². The van der Waals surface area contributed by atoms with Crippen LogP contribution in [-0.2, 0) is 17.6 Å². The van der Waals surface area contributed by atoms with Crippen LogP contribution in [0.15, 0.2) is 33.9 Å². The number of carbonyl (C=O) groups excluding carboxylic acids is 1. The van der Waals surface area contributed by atoms with E-state index < -0.39 is 0 Å². The molecule has 8 heteroatoms. The molecule has 2 atom stereocenters. The first kappa shape index (κ1) is 17.8. The lowest BCUT2D eigenvalue weighted by molar-refractivity contribution is -0.129. The van der Waals surface area contributed by atoms with E-state index in [4.69, 9.17) is 0 Å². The lowest BCUT2D eigenvalue weighted by Crippen LogP contribution is -2.31. The number of hydrogen-bond donors (Lipinski definition) is 2. The van der Waals surface area contributed by atoms with Gasteiger partial charge in [-0.3, -0.25) is 14.4 Å². The van der Waals surface area contributed by atoms with Gasteiger partial charge in [0.05, 0.1) is 23.2 Å². The van der Waals surface area contributed by atoms with Gasteiger partial charge in [0, 0.05) is 30.0 Å². The highest BCUT2D eigenvalue weighted by atomic mass is 16.2. The van der Waals surface area contributed by atoms with Crippen molar-refractivity contribution in [1.29, 1.82) is 0 Å². The lowest BCUT2D eigenvalue weighted by atomic mass is 9.80. The van der Waals surface area contributed by atoms with Crippen LogP contribution in [0.25, 0.3) is 10.8 Å². The Morgan fingerprint density at radius 1 is 1.17 bits per heavy atom. The predicted molar refractivity (Wildman–Crippen MR) is 107 cm³/mol. The highest BCUT2D eigenvalue weighted by Crippen LogP contribution is 2.39. The van der Waals surface area contributed by atoms with Gasteiger partial charge in [-0.25, -0.2) is 10.1 Å². The van der Waals surface area contributed by atoms with Gasteiger partial charge in [0.15, 0.2) is 0 Å². The number of benzene rings is 1. The van der Waals surface area contributed by atoms with Gasteiger partial charge in [0.25, 0.3) is 11.1 Å². The number of nitrogens with zero attached hydrogens (tertiary/aromatic N) is 3. The van der Waals surface area contributed by atoms with E-state index in [1.807, 2.05) is 17.0 Å². The molecule has 0 radical (unpaired) electrons. The number of likely N-dealkylation sites (tertiary alicyclic amines) is 1. The zero-order chi connectivity index (χ0) is 20.1. The van der Waals surface area contributed by atoms with Gasteiger partial charge in [0.2, 0.25) is 5.91 Å². The molecule has 1 fully saturated rings. The van der Waals surface area contributed by atoms with Crippen molar-refractivity contribution in [3.8, 4) is 0 Å². The fraction of sp³-hybridized carbons (Fsp3) is 0.381. The first-order chi connectivity index (χ1) is 14.0. The van der Waals surface area contributed by atoms with E-state index in [-0.39, 0.29) is 29.4 Å². The fourth-order valence-electron chi connectivity index (χ4n) is 4.75. The van der Waals surface area contributed by atoms with Crippen molar-refractivity contribution in [2.45, 2.75) is 32.1 Å². The minimum absolute atomic E-state index is 0.0211. The molecule has 1 saturated heterocycles. The number of nitrogens with one attached hydrogen (secondary N) is 2. The predicted octanol–water partition coefficient (Wildman–Crippen LogP) is 1.05. The van der Waals surface area contributed by atoms with Crippen LogP contribution in [0.5, 0.6) is 0 Å². The van der Waals surface area contributed by atoms with Gasteiger partial charge >= 0.3 is 0 Å². The standard InChI is InChI=1S/C21H21N5O3/c1-11-22-19-15(20(28)23-11)7-6-12-9-26(10-16(12)19)18(27)8-17-13-4-2-3-5-14(13)21(29)25-24-17/h2-5,12,16H,6-10H2,1H3,(H,25,29)(H,22,23,28)/t12-,16+/m1/s1. The number of hydrogen-bond acceptors (Lipinski definition) is 5. The fourth-order valence-corrected chi connectivity index (χ4v) is 4.75. The van der Waals surface area contributed by atoms with Crippen molar-refractivity contribution < 1.29 is 4.79 Å². The molecule has 0 saturated carbocycles. The van der Waals surface area contributed by atoms with Crippen LogP contribution < -0.4 is 11.1 Å². The van der Waals surface area contributed by atoms with Gasteiger partial charge in [-0.2, -0.15) is 5.10 Å². The second-order valence-electron chi connectivity index (χ2n) is 7.94. The van der Waals surface area contributed by atoms with Crippen LogP contribution in [0.4, 0.5) is 0 Å². The maximum absolute atomic E-state index is 13.0. The molecule has 1 aliphatic carbocycles. The number of aryl methyl sites for hydroxylation is 1. The summed E-state index contributed by atoms with van der Waals surface area (Å²) in [5, 5.41) is 7.85. The van der Waals surface area contributed by atoms with Gasteiger partial charge in [-0.1, -0.05) is 18.2 Å². The normalized spacial score (nSPS) is 20.5. The van der Waals surface area contributed by atoms with Crippen LogP contribution in [0, 0.1) is 12.8 Å². The molecule has 3 heterocycles. The summed E-state index contributed by atoms with van der Waals surface area (Å²) in [6.45, 7) is 3.02. The van der Waals surface area contributed by atoms with E-state index in [9.17, 15) is 14.4 Å². The summed E-state index contributed by atoms with van der Waals surface area (Å²) >= 11 is 0. The van der Waals surface area contributed by atoms with E-state index in [1.165, 1.54) is 0 Å². The van der Waals surface area contributed by atoms with Gasteiger partial charge in [-0.05, 0) is 31.7 Å². The van der Waals surface area contributed by atoms with Crippen LogP contribution in [-0.4, -0.2) is 44.1 Å². The van der Waals surface area contributed by atoms with Gasteiger partial charge in [-0.15, -0.1) is 0 Å². The Hall–Kier alpha value is -3.29. The zero-order valence-corrected chi connectivity index (χ0v) is 16.1. The first-order valence-corrected chi connectivity index (χ1v) is 9.85. The van der Waals surface area contributed by atoms with Crippen molar-refractivity contribution >= 4 is 16.7 Å². The average Bonchev–Trinajstić information content (AvgIpc) is 3.15. The van der Waals surface area contributed by atoms with E-state index >= 15 is 0 Å². The summed E-state index contributed by atoms with van der Waals surface area (Å²) < 4.78 is 0. The van der Waals surface area contributed by atoms with Crippen LogP contribution >= 0.6 is 0 Å². The summed E-state index contributed by atoms with van der Waals surface area (Å²) in [7, 11) is 0. The number of H-pyrrole nitrogens is 2. The molecule has 3 aromatic rings. The maximum atomic E-state index is 13.0. The molecular weight excluding hydrogens is 370 g/mol. The topological polar surface area (TPSA) is 112 Å². The molecule has 148 valence electrons. The quantitative estimate of drug-likeness (QED) is 0.678. The number of rotatable bonds is 2. The molecule has 2 aliphatic rings. The number of carbonyl (C=O) groups is 1. The number of amides is 1. The molecule has 2 aromatic heterocycles. The van der Waals surface area contributed by atoms with Crippen molar-refractivity contribution in [2.75, 3.05) is 13.1 Å². The molecule has 1 aliphatic heterocycles. The minimum Gasteiger partial charge on any atom is -0.341 e. The third kappa shape index (κ3) is 2.95. The minimum atomic E-state index is -0.257. The maximum Gasteiger partial charge on any atom is 0.272 e. The van der Waals surface area contributed by atoms with Gasteiger partial charge in [0.1, 0.15) is 5.82 Å². The second kappa shape index (κ2) is 6.65. The number of aromatic nitrogens is 4. The molecule has 1 aromatic carbocycles. The SMILES string of the molecule is Cc1nc2c(c(=O)[nH]1)CC[C@@H]1CN(C(=O)Cc3n[nH]c(=O)c4ccccc34)C[C@H]21. The largest absolute Gasteiger partial charge is 0.341 e. The summed E-state index contributed by atoms with van der Waals surface area (Å²) in [4.78, 5) is 46.5. The molecular formula is C21H21N5O3. The summed E-state index contributed by atoms with van der Waals surface area (Å²) in [6, 6.07) is 7.18. The third-order valence-electron chi connectivity index (χ3n) is 6.17. The molecule has 29 heavy (non-hydrogen) atoms. The highest BCUT2D eigenvalue weighted by molar-refractivity contribution is 5.88. The zero-order valence-electron chi connectivity index (χ0n) is 16.1. The van der Waals surface area contributed by atoms with Crippen LogP contribution in [0.3, 0.4) is 0 Å². The Kier molecular flexibility index (Phi) is 4.08. The Morgan fingerprint density at radius 3 is 2.79 bits per heavy atom. The van der Waals surface area contributed by atoms with E-state index in [2.05, 4.69) is 20.2 Å². The summed E-state index contributed by atoms with van der Waals surface area (Å²) in [5.74, 6) is 1.01. The monoisotopic (exact) mass is 391 g/mol. The number of aromatic amines is 2. The van der Waals surface area contributed by atoms with Crippen LogP contribution in [0.2, 0.25) is 0 Å². The lowest BCUT2D eigenvalue weighted by Gasteiger charge is -2.25. The number of fused-ring (bicyclic) bond motifs is 4. The molecule has 2 N–H and O–H groups in total. The molecule has 0 spiro atoms. The Balaban J connectivity index is 1.41. The molecule has 0 bridgehead atoms. The van der Waals surface area contributed by atoms with Crippen molar-refractivity contribution in [3.05, 3.63) is 67.7 Å². The smallest absolute Gasteiger partial charge is 0.272 e. The van der Waals surface area contributed by atoms with E-state index in [0.717, 1.165) is 17.7 Å². The summed E-state index contributed by atoms with van der Waals surface area (Å²) in [6.07, 6.45) is 1.72. The van der Waals surface area contributed by atoms with Crippen molar-refractivity contribution in [2.24, 2.45) is 5.92 Å². The molecule has 5 rings (SSSR count). The first-order valence-electron chi connectivity index (χ1n) is 9.85. The average molecular weight is 391 g/mol. The third-order valence-corrected chi connectivity index (χ3v) is 6.17. The van der Waals surface area contributed by atoms with Crippen LogP contribution in [0.1, 0.15) is 35.1 Å². The second-order valence-corrected chi connectivity index (χ2v) is 7.94. The van der Waals surface area contributed by atoms with Crippen molar-refractivity contribution in [1.82, 2.24) is 25.1 Å².